The molecule has 1 spiro atoms. The molecule has 1 aromatic carbocycles. The lowest BCUT2D eigenvalue weighted by Crippen LogP contribution is -2.73. The molecule has 0 aromatic heterocycles. The van der Waals surface area contributed by atoms with E-state index in [1.165, 1.54) is 0 Å². The van der Waals surface area contributed by atoms with Crippen molar-refractivity contribution in [2.45, 2.75) is 88.3 Å². The van der Waals surface area contributed by atoms with E-state index in [-0.39, 0.29) is 30.7 Å². The molecule has 2 heterocycles. The maximum Gasteiger partial charge on any atom is 0.251 e. The summed E-state index contributed by atoms with van der Waals surface area (Å²) >= 11 is 0. The van der Waals surface area contributed by atoms with Gasteiger partial charge in [0.25, 0.3) is 5.91 Å². The molecule has 3 aliphatic rings. The lowest BCUT2D eigenvalue weighted by Gasteiger charge is -2.52. The van der Waals surface area contributed by atoms with E-state index >= 15 is 0 Å². The van der Waals surface area contributed by atoms with Crippen LogP contribution in [-0.2, 0) is 9.59 Å². The fraction of sp³-hybridized carbons (Fsp3) is 0.645. The van der Waals surface area contributed by atoms with Gasteiger partial charge in [-0.1, -0.05) is 25.2 Å². The maximum absolute atomic E-state index is 13.7. The summed E-state index contributed by atoms with van der Waals surface area (Å²) in [5, 5.41) is 16.7. The average molecular weight is 553 g/mol. The molecule has 3 N–H and O–H groups in total. The van der Waals surface area contributed by atoms with Crippen LogP contribution in [0.3, 0.4) is 0 Å². The number of ether oxygens (including phenoxy) is 1. The van der Waals surface area contributed by atoms with Gasteiger partial charge in [-0.15, -0.1) is 5.92 Å². The Kier molecular flexibility index (Phi) is 10.1. The number of nitrogens with one attached hydrogen (secondary N) is 2. The second-order valence-electron chi connectivity index (χ2n) is 11.4. The summed E-state index contributed by atoms with van der Waals surface area (Å²) in [7, 11) is 1.61. The zero-order valence-corrected chi connectivity index (χ0v) is 24.0. The highest BCUT2D eigenvalue weighted by Gasteiger charge is 2.54. The highest BCUT2D eigenvalue weighted by atomic mass is 16.5. The minimum atomic E-state index is -0.888. The first-order chi connectivity index (χ1) is 19.3. The summed E-state index contributed by atoms with van der Waals surface area (Å²) in [5.41, 5.74) is -1.17. The van der Waals surface area contributed by atoms with Gasteiger partial charge in [-0.2, -0.15) is 0 Å². The Morgan fingerprint density at radius 2 is 1.80 bits per heavy atom. The van der Waals surface area contributed by atoms with Crippen LogP contribution in [0, 0.1) is 11.8 Å². The maximum atomic E-state index is 13.7. The zero-order valence-electron chi connectivity index (χ0n) is 24.0. The van der Waals surface area contributed by atoms with Gasteiger partial charge in [0.2, 0.25) is 11.8 Å². The Bertz CT molecular complexity index is 1090. The molecule has 2 saturated heterocycles. The van der Waals surface area contributed by atoms with E-state index in [1.807, 2.05) is 0 Å². The zero-order chi connectivity index (χ0) is 28.6. The Balaban J connectivity index is 1.26. The van der Waals surface area contributed by atoms with Crippen molar-refractivity contribution in [1.82, 2.24) is 20.4 Å². The van der Waals surface area contributed by atoms with Crippen LogP contribution < -0.4 is 15.4 Å². The number of benzene rings is 1. The van der Waals surface area contributed by atoms with Gasteiger partial charge in [-0.05, 0) is 76.3 Å². The Labute approximate surface area is 238 Å². The molecule has 9 heteroatoms. The number of unbranched alkanes of at least 4 members (excludes halogenated alkanes) is 1. The number of likely N-dealkylation sites (tertiary alicyclic amines) is 1. The molecule has 1 atom stereocenters. The lowest BCUT2D eigenvalue weighted by molar-refractivity contribution is -0.162. The standard InChI is InChI=1S/C31H44N4O5/c1-3-4-19-35-28(37)26(23-30(39)14-6-5-7-15-30)33-29(38)31(35)16-20-34(21-17-31)18-8-9-22-40-25-12-10-24(11-13-25)27(36)32-2/h10-13,26,39H,5-9,14-23H2,1-2H3,(H,32,36)(H,33,38)/t26-/m1/s1. The van der Waals surface area contributed by atoms with E-state index in [2.05, 4.69) is 27.4 Å². The number of piperidine rings is 1. The molecule has 0 unspecified atom stereocenters. The van der Waals surface area contributed by atoms with Gasteiger partial charge in [0, 0.05) is 32.1 Å². The number of carbonyl (C=O) groups excluding carboxylic acids is 3. The molecule has 3 amide bonds. The summed E-state index contributed by atoms with van der Waals surface area (Å²) in [6.07, 6.45) is 7.63. The molecule has 218 valence electrons. The number of amides is 3. The second kappa shape index (κ2) is 13.5. The van der Waals surface area contributed by atoms with Crippen molar-refractivity contribution in [3.63, 3.8) is 0 Å². The van der Waals surface area contributed by atoms with Gasteiger partial charge in [-0.3, -0.25) is 14.4 Å². The number of hydrogen-bond donors (Lipinski definition) is 3. The van der Waals surface area contributed by atoms with Crippen LogP contribution in [0.4, 0.5) is 0 Å². The minimum absolute atomic E-state index is 0.107. The largest absolute Gasteiger partial charge is 0.494 e. The van der Waals surface area contributed by atoms with Crippen molar-refractivity contribution in [3.8, 4) is 17.6 Å². The van der Waals surface area contributed by atoms with E-state index in [4.69, 9.17) is 4.74 Å². The predicted molar refractivity (Wildman–Crippen MR) is 153 cm³/mol. The first-order valence-electron chi connectivity index (χ1n) is 14.7. The average Bonchev–Trinajstić information content (AvgIpc) is 2.97. The van der Waals surface area contributed by atoms with Crippen molar-refractivity contribution in [1.29, 1.82) is 0 Å². The van der Waals surface area contributed by atoms with E-state index in [1.54, 1.807) is 43.1 Å². The van der Waals surface area contributed by atoms with Crippen molar-refractivity contribution in [2.75, 3.05) is 39.8 Å². The van der Waals surface area contributed by atoms with Crippen LogP contribution in [0.15, 0.2) is 24.3 Å². The number of carbonyl (C=O) groups is 3. The van der Waals surface area contributed by atoms with Gasteiger partial charge < -0.3 is 30.3 Å². The molecule has 0 radical (unpaired) electrons. The third-order valence-electron chi connectivity index (χ3n) is 8.76. The van der Waals surface area contributed by atoms with Crippen molar-refractivity contribution >= 4 is 17.7 Å². The van der Waals surface area contributed by atoms with E-state index in [0.717, 1.165) is 57.5 Å². The molecule has 1 aliphatic carbocycles. The van der Waals surface area contributed by atoms with Gasteiger partial charge in [0.05, 0.1) is 18.8 Å². The highest BCUT2D eigenvalue weighted by Crippen LogP contribution is 2.37. The topological polar surface area (TPSA) is 111 Å². The van der Waals surface area contributed by atoms with Gasteiger partial charge in [0.1, 0.15) is 17.3 Å². The van der Waals surface area contributed by atoms with Crippen LogP contribution in [0.5, 0.6) is 5.75 Å². The molecule has 0 bridgehead atoms. The van der Waals surface area contributed by atoms with E-state index in [0.29, 0.717) is 37.9 Å². The number of aliphatic hydroxyl groups is 1. The Morgan fingerprint density at radius 1 is 1.10 bits per heavy atom. The van der Waals surface area contributed by atoms with Crippen LogP contribution in [-0.4, -0.2) is 89.6 Å². The van der Waals surface area contributed by atoms with Crippen molar-refractivity contribution in [3.05, 3.63) is 29.8 Å². The highest BCUT2D eigenvalue weighted by molar-refractivity contribution is 6.00. The van der Waals surface area contributed by atoms with E-state index < -0.39 is 17.2 Å². The molecule has 40 heavy (non-hydrogen) atoms. The first kappa shape index (κ1) is 29.9. The molecule has 1 aromatic rings. The summed E-state index contributed by atoms with van der Waals surface area (Å²) < 4.78 is 5.82. The summed E-state index contributed by atoms with van der Waals surface area (Å²) in [6.45, 7) is 4.93. The normalized spacial score (nSPS) is 22.3. The fourth-order valence-electron chi connectivity index (χ4n) is 6.31. The van der Waals surface area contributed by atoms with Gasteiger partial charge in [0.15, 0.2) is 0 Å². The Morgan fingerprint density at radius 3 is 2.45 bits per heavy atom. The van der Waals surface area contributed by atoms with Crippen molar-refractivity contribution < 1.29 is 24.2 Å². The Hall–Kier alpha value is -3.09. The number of rotatable bonds is 10. The third kappa shape index (κ3) is 6.97. The molecule has 3 fully saturated rings. The monoisotopic (exact) mass is 552 g/mol. The SMILES string of the molecule is CC#CCN1C(=O)[C@@H](CC2(O)CCCCC2)NC(=O)C12CCN(CCCCOc1ccc(C(=O)NC)cc1)CC2. The molecular weight excluding hydrogens is 508 g/mol. The fourth-order valence-corrected chi connectivity index (χ4v) is 6.31. The van der Waals surface area contributed by atoms with E-state index in [9.17, 15) is 19.5 Å². The summed E-state index contributed by atoms with van der Waals surface area (Å²) in [6, 6.07) is 6.41. The molecule has 2 aliphatic heterocycles. The second-order valence-corrected chi connectivity index (χ2v) is 11.4. The minimum Gasteiger partial charge on any atom is -0.494 e. The quantitative estimate of drug-likeness (QED) is 0.304. The van der Waals surface area contributed by atoms with Crippen LogP contribution in [0.2, 0.25) is 0 Å². The van der Waals surface area contributed by atoms with Gasteiger partial charge >= 0.3 is 0 Å². The molecule has 4 rings (SSSR count). The number of piperazine rings is 1. The van der Waals surface area contributed by atoms with Crippen LogP contribution >= 0.6 is 0 Å². The molecular formula is C31H44N4O5. The predicted octanol–water partition coefficient (Wildman–Crippen LogP) is 2.48. The van der Waals surface area contributed by atoms with Crippen LogP contribution in [0.1, 0.15) is 81.5 Å². The summed E-state index contributed by atoms with van der Waals surface area (Å²) in [5.74, 6) is 6.30. The number of nitrogens with zero attached hydrogens (tertiary/aromatic N) is 2. The molecule has 9 nitrogen and oxygen atoms in total. The first-order valence-corrected chi connectivity index (χ1v) is 14.7. The van der Waals surface area contributed by atoms with Gasteiger partial charge in [-0.25, -0.2) is 0 Å². The molecule has 1 saturated carbocycles. The lowest BCUT2D eigenvalue weighted by atomic mass is 9.77. The number of hydrogen-bond acceptors (Lipinski definition) is 6. The van der Waals surface area contributed by atoms with Crippen molar-refractivity contribution in [2.24, 2.45) is 0 Å². The third-order valence-corrected chi connectivity index (χ3v) is 8.76. The van der Waals surface area contributed by atoms with Crippen LogP contribution in [0.25, 0.3) is 0 Å². The smallest absolute Gasteiger partial charge is 0.251 e. The summed E-state index contributed by atoms with van der Waals surface area (Å²) in [4.78, 5) is 42.9.